The average Bonchev–Trinajstić information content (AvgIpc) is 2.29. The molecular weight excluding hydrogens is 206 g/mol. The van der Waals surface area contributed by atoms with Crippen molar-refractivity contribution in [3.63, 3.8) is 0 Å². The summed E-state index contributed by atoms with van der Waals surface area (Å²) in [5.74, 6) is 0. The van der Waals surface area contributed by atoms with Gasteiger partial charge in [0.1, 0.15) is 0 Å². The zero-order chi connectivity index (χ0) is 11.1. The Bertz CT molecular complexity index is 290. The summed E-state index contributed by atoms with van der Waals surface area (Å²) in [6.45, 7) is 0.723. The van der Waals surface area contributed by atoms with Crippen molar-refractivity contribution < 1.29 is 8.85 Å². The summed E-state index contributed by atoms with van der Waals surface area (Å²) in [7, 11) is 1.74. The molecule has 1 rings (SSSR count). The van der Waals surface area contributed by atoms with Crippen LogP contribution in [0.3, 0.4) is 0 Å². The van der Waals surface area contributed by atoms with E-state index in [9.17, 15) is 0 Å². The van der Waals surface area contributed by atoms with E-state index >= 15 is 0 Å². The summed E-state index contributed by atoms with van der Waals surface area (Å²) in [5.41, 5.74) is 6.83. The van der Waals surface area contributed by atoms with E-state index in [2.05, 4.69) is 12.1 Å². The third-order valence-corrected chi connectivity index (χ3v) is 4.31. The standard InChI is InChI=1S/C11H19NO2Si/c1-13-15(14-2)11-8-4-3-6-10(11)7-5-9-12/h3-4,6,8,15H,5,7,9,12H2,1-2H3. The Morgan fingerprint density at radius 2 is 1.87 bits per heavy atom. The molecule has 0 saturated heterocycles. The molecule has 2 N–H and O–H groups in total. The highest BCUT2D eigenvalue weighted by Crippen LogP contribution is 2.02. The van der Waals surface area contributed by atoms with Crippen molar-refractivity contribution >= 4 is 14.5 Å². The van der Waals surface area contributed by atoms with Gasteiger partial charge in [-0.05, 0) is 30.1 Å². The summed E-state index contributed by atoms with van der Waals surface area (Å²) in [6, 6.07) is 8.30. The largest absolute Gasteiger partial charge is 0.397 e. The van der Waals surface area contributed by atoms with Gasteiger partial charge in [0, 0.05) is 14.2 Å². The quantitative estimate of drug-likeness (QED) is 0.708. The molecule has 0 radical (unpaired) electrons. The van der Waals surface area contributed by atoms with Gasteiger partial charge in [0.25, 0.3) is 0 Å². The fourth-order valence-corrected chi connectivity index (χ4v) is 3.15. The Balaban J connectivity index is 2.84. The minimum absolute atomic E-state index is 0.723. The molecule has 0 spiro atoms. The van der Waals surface area contributed by atoms with Gasteiger partial charge in [-0.15, -0.1) is 0 Å². The summed E-state index contributed by atoms with van der Waals surface area (Å²) >= 11 is 0. The number of hydrogen-bond donors (Lipinski definition) is 1. The molecule has 0 heterocycles. The average molecular weight is 225 g/mol. The summed E-state index contributed by atoms with van der Waals surface area (Å²) in [4.78, 5) is 0. The van der Waals surface area contributed by atoms with Crippen LogP contribution in [0.1, 0.15) is 12.0 Å². The van der Waals surface area contributed by atoms with Gasteiger partial charge in [-0.2, -0.15) is 0 Å². The molecule has 0 aliphatic heterocycles. The maximum Gasteiger partial charge on any atom is 0.355 e. The van der Waals surface area contributed by atoms with Crippen LogP contribution in [0.25, 0.3) is 0 Å². The Hall–Kier alpha value is -0.683. The smallest absolute Gasteiger partial charge is 0.355 e. The van der Waals surface area contributed by atoms with Crippen molar-refractivity contribution in [2.24, 2.45) is 5.73 Å². The molecule has 0 fully saturated rings. The zero-order valence-corrected chi connectivity index (χ0v) is 10.6. The van der Waals surface area contributed by atoms with Crippen LogP contribution in [0.15, 0.2) is 24.3 Å². The van der Waals surface area contributed by atoms with E-state index in [-0.39, 0.29) is 0 Å². The van der Waals surface area contributed by atoms with Crippen LogP contribution in [0.4, 0.5) is 0 Å². The Morgan fingerprint density at radius 1 is 1.20 bits per heavy atom. The highest BCUT2D eigenvalue weighted by molar-refractivity contribution is 6.61. The van der Waals surface area contributed by atoms with E-state index in [1.54, 1.807) is 14.2 Å². The molecule has 84 valence electrons. The molecule has 0 atom stereocenters. The molecule has 0 aliphatic rings. The fourth-order valence-electron chi connectivity index (χ4n) is 1.63. The highest BCUT2D eigenvalue weighted by Gasteiger charge is 2.16. The lowest BCUT2D eigenvalue weighted by molar-refractivity contribution is 0.291. The molecule has 0 unspecified atom stereocenters. The normalized spacial score (nSPS) is 10.9. The minimum atomic E-state index is -1.67. The Morgan fingerprint density at radius 3 is 2.47 bits per heavy atom. The first-order chi connectivity index (χ1) is 7.33. The van der Waals surface area contributed by atoms with Crippen LogP contribution < -0.4 is 10.9 Å². The molecule has 0 aliphatic carbocycles. The molecule has 0 bridgehead atoms. The molecule has 15 heavy (non-hydrogen) atoms. The Labute approximate surface area is 93.0 Å². The second kappa shape index (κ2) is 6.74. The third-order valence-electron chi connectivity index (χ3n) is 2.39. The number of hydrogen-bond acceptors (Lipinski definition) is 3. The molecule has 1 aromatic carbocycles. The van der Waals surface area contributed by atoms with Crippen molar-refractivity contribution in [1.82, 2.24) is 0 Å². The predicted octanol–water partition coefficient (Wildman–Crippen LogP) is 0.298. The summed E-state index contributed by atoms with van der Waals surface area (Å²) in [5, 5.41) is 1.23. The second-order valence-electron chi connectivity index (χ2n) is 3.39. The van der Waals surface area contributed by atoms with Crippen molar-refractivity contribution in [3.05, 3.63) is 29.8 Å². The third kappa shape index (κ3) is 3.42. The topological polar surface area (TPSA) is 44.5 Å². The van der Waals surface area contributed by atoms with E-state index in [1.165, 1.54) is 10.8 Å². The van der Waals surface area contributed by atoms with Crippen LogP contribution in [-0.2, 0) is 15.3 Å². The molecule has 4 heteroatoms. The van der Waals surface area contributed by atoms with Crippen LogP contribution in [-0.4, -0.2) is 30.0 Å². The lowest BCUT2D eigenvalue weighted by atomic mass is 10.1. The van der Waals surface area contributed by atoms with E-state index in [0.717, 1.165) is 19.4 Å². The van der Waals surface area contributed by atoms with Gasteiger partial charge in [-0.3, -0.25) is 0 Å². The van der Waals surface area contributed by atoms with Crippen molar-refractivity contribution in [1.29, 1.82) is 0 Å². The molecule has 0 amide bonds. The van der Waals surface area contributed by atoms with E-state index in [0.29, 0.717) is 0 Å². The van der Waals surface area contributed by atoms with Crippen LogP contribution >= 0.6 is 0 Å². The van der Waals surface area contributed by atoms with Crippen molar-refractivity contribution in [2.75, 3.05) is 20.8 Å². The lowest BCUT2D eigenvalue weighted by Gasteiger charge is -2.15. The second-order valence-corrected chi connectivity index (χ2v) is 5.62. The van der Waals surface area contributed by atoms with Gasteiger partial charge >= 0.3 is 9.28 Å². The van der Waals surface area contributed by atoms with Crippen molar-refractivity contribution in [2.45, 2.75) is 12.8 Å². The monoisotopic (exact) mass is 225 g/mol. The first kappa shape index (κ1) is 12.4. The fraction of sp³-hybridized carbons (Fsp3) is 0.455. The maximum absolute atomic E-state index is 5.52. The van der Waals surface area contributed by atoms with Crippen LogP contribution in [0.5, 0.6) is 0 Å². The van der Waals surface area contributed by atoms with Crippen LogP contribution in [0.2, 0.25) is 0 Å². The van der Waals surface area contributed by atoms with E-state index in [4.69, 9.17) is 14.6 Å². The molecule has 3 nitrogen and oxygen atoms in total. The van der Waals surface area contributed by atoms with Gasteiger partial charge < -0.3 is 14.6 Å². The number of nitrogens with two attached hydrogens (primary N) is 1. The number of aryl methyl sites for hydroxylation is 1. The Kier molecular flexibility index (Phi) is 5.56. The molecular formula is C11H19NO2Si. The zero-order valence-electron chi connectivity index (χ0n) is 9.40. The first-order valence-electron chi connectivity index (χ1n) is 5.17. The van der Waals surface area contributed by atoms with Crippen molar-refractivity contribution in [3.8, 4) is 0 Å². The van der Waals surface area contributed by atoms with Gasteiger partial charge in [0.05, 0.1) is 0 Å². The predicted molar refractivity (Wildman–Crippen MR) is 64.6 cm³/mol. The number of benzene rings is 1. The highest BCUT2D eigenvalue weighted by atomic mass is 28.3. The van der Waals surface area contributed by atoms with E-state index < -0.39 is 9.28 Å². The summed E-state index contributed by atoms with van der Waals surface area (Å²) < 4.78 is 10.8. The lowest BCUT2D eigenvalue weighted by Crippen LogP contribution is -2.37. The van der Waals surface area contributed by atoms with Gasteiger partial charge in [-0.25, -0.2) is 0 Å². The maximum atomic E-state index is 5.52. The first-order valence-corrected chi connectivity index (χ1v) is 6.69. The summed E-state index contributed by atoms with van der Waals surface area (Å²) in [6.07, 6.45) is 2.01. The molecule has 0 saturated carbocycles. The van der Waals surface area contributed by atoms with Gasteiger partial charge in [-0.1, -0.05) is 24.3 Å². The van der Waals surface area contributed by atoms with Gasteiger partial charge in [0.2, 0.25) is 0 Å². The van der Waals surface area contributed by atoms with Gasteiger partial charge in [0.15, 0.2) is 0 Å². The number of rotatable bonds is 6. The van der Waals surface area contributed by atoms with Crippen LogP contribution in [0, 0.1) is 0 Å². The molecule has 1 aromatic rings. The minimum Gasteiger partial charge on any atom is -0.397 e. The molecule has 0 aromatic heterocycles. The van der Waals surface area contributed by atoms with E-state index in [1.807, 2.05) is 12.1 Å². The SMILES string of the molecule is CO[SiH](OC)c1ccccc1CCCN.